The molecule has 5 N–H and O–H groups in total. The molecule has 39 heavy (non-hydrogen) atoms. The molecule has 0 saturated carbocycles. The van der Waals surface area contributed by atoms with Crippen LogP contribution in [0.25, 0.3) is 5.69 Å². The summed E-state index contributed by atoms with van der Waals surface area (Å²) in [6.07, 6.45) is 1.72. The van der Waals surface area contributed by atoms with Crippen LogP contribution < -0.4 is 27.2 Å². The topological polar surface area (TPSA) is 132 Å². The molecular formula is C27H30F2IN7O2. The Balaban J connectivity index is 1.77. The first-order chi connectivity index (χ1) is 18.4. The number of halogens is 3. The minimum absolute atomic E-state index is 0.0774. The lowest BCUT2D eigenvalue weighted by atomic mass is 10.1. The Hall–Kier alpha value is -3.39. The van der Waals surface area contributed by atoms with E-state index in [0.29, 0.717) is 40.4 Å². The molecule has 0 unspecified atom stereocenters. The summed E-state index contributed by atoms with van der Waals surface area (Å²) in [5.41, 5.74) is 12.9. The number of nitrogens with one attached hydrogen (secondary N) is 1. The van der Waals surface area contributed by atoms with E-state index in [9.17, 15) is 18.4 Å². The lowest BCUT2D eigenvalue weighted by Gasteiger charge is -2.26. The number of rotatable bonds is 7. The molecule has 1 aliphatic heterocycles. The number of nitrogens with zero attached hydrogens (tertiary/aromatic N) is 4. The summed E-state index contributed by atoms with van der Waals surface area (Å²) in [5.74, 6) is -2.45. The third-order valence-corrected chi connectivity index (χ3v) is 8.40. The summed E-state index contributed by atoms with van der Waals surface area (Å²) in [6, 6.07) is 8.67. The van der Waals surface area contributed by atoms with E-state index in [2.05, 4.69) is 44.8 Å². The van der Waals surface area contributed by atoms with Crippen molar-refractivity contribution in [2.24, 2.45) is 16.6 Å². The molecule has 0 spiro atoms. The second-order valence-corrected chi connectivity index (χ2v) is 11.0. The van der Waals surface area contributed by atoms with Gasteiger partial charge < -0.3 is 21.7 Å². The standard InChI is InChI=1S/C27H30F2IN7O2/c1-15-12-36(13-20(15)32)24-16(11-33-27(2,3)14-30)19(31)7-8-21(24)34-26(39)22-9-10-23(38)37(35-22)25-17(28)5-4-6-18(25)29/h4-11,15,20H,12-14,31-32H2,1-3H3,(H,34,39)/t15-,20+/m1/s1. The van der Waals surface area contributed by atoms with Crippen LogP contribution in [0.2, 0.25) is 0 Å². The van der Waals surface area contributed by atoms with E-state index in [-0.39, 0.29) is 23.2 Å². The Morgan fingerprint density at radius 3 is 2.49 bits per heavy atom. The largest absolute Gasteiger partial charge is 0.398 e. The van der Waals surface area contributed by atoms with Crippen LogP contribution in [0.15, 0.2) is 52.3 Å². The molecule has 3 aromatic rings. The Bertz CT molecular complexity index is 1460. The number of hydrogen-bond acceptors (Lipinski definition) is 7. The van der Waals surface area contributed by atoms with Gasteiger partial charge in [0.25, 0.3) is 11.5 Å². The highest BCUT2D eigenvalue weighted by Gasteiger charge is 2.31. The summed E-state index contributed by atoms with van der Waals surface area (Å²) >= 11 is 2.27. The van der Waals surface area contributed by atoms with Crippen molar-refractivity contribution in [3.05, 3.63) is 75.7 Å². The normalized spacial score (nSPS) is 17.7. The highest BCUT2D eigenvalue weighted by molar-refractivity contribution is 14.1. The SMILES string of the molecule is C[C@@H]1CN(c2c(NC(=O)c3ccc(=O)n(-c4c(F)cccc4F)n3)ccc(N)c2C=NC(C)(C)CI)C[C@@H]1N. The molecule has 0 radical (unpaired) electrons. The fourth-order valence-electron chi connectivity index (χ4n) is 4.22. The number of amides is 1. The number of aliphatic imine (C=N–C) groups is 1. The minimum Gasteiger partial charge on any atom is -0.398 e. The monoisotopic (exact) mass is 649 g/mol. The molecule has 1 aromatic heterocycles. The van der Waals surface area contributed by atoms with E-state index in [1.54, 1.807) is 18.3 Å². The van der Waals surface area contributed by atoms with Gasteiger partial charge in [-0.2, -0.15) is 9.78 Å². The van der Waals surface area contributed by atoms with Crippen molar-refractivity contribution < 1.29 is 13.6 Å². The van der Waals surface area contributed by atoms with E-state index in [4.69, 9.17) is 16.5 Å². The summed E-state index contributed by atoms with van der Waals surface area (Å²) in [6.45, 7) is 7.24. The van der Waals surface area contributed by atoms with Gasteiger partial charge in [0.15, 0.2) is 11.6 Å². The fraction of sp³-hybridized carbons (Fsp3) is 0.333. The average molecular weight is 649 g/mol. The van der Waals surface area contributed by atoms with Crippen molar-refractivity contribution in [2.75, 3.05) is 33.5 Å². The van der Waals surface area contributed by atoms with Gasteiger partial charge in [0.1, 0.15) is 11.4 Å². The Labute approximate surface area is 238 Å². The first-order valence-electron chi connectivity index (χ1n) is 12.3. The molecule has 1 amide bonds. The highest BCUT2D eigenvalue weighted by atomic mass is 127. The minimum atomic E-state index is -0.985. The molecule has 1 saturated heterocycles. The van der Waals surface area contributed by atoms with Gasteiger partial charge in [-0.1, -0.05) is 35.6 Å². The van der Waals surface area contributed by atoms with Gasteiger partial charge >= 0.3 is 0 Å². The maximum absolute atomic E-state index is 14.4. The maximum atomic E-state index is 14.4. The zero-order valence-corrected chi connectivity index (χ0v) is 23.9. The highest BCUT2D eigenvalue weighted by Crippen LogP contribution is 2.37. The summed E-state index contributed by atoms with van der Waals surface area (Å²) in [7, 11) is 0. The number of benzene rings is 2. The number of anilines is 3. The number of alkyl halides is 1. The van der Waals surface area contributed by atoms with Gasteiger partial charge in [-0.15, -0.1) is 0 Å². The number of para-hydroxylation sites is 1. The van der Waals surface area contributed by atoms with Gasteiger partial charge in [0.05, 0.1) is 16.9 Å². The van der Waals surface area contributed by atoms with Crippen molar-refractivity contribution in [2.45, 2.75) is 32.4 Å². The maximum Gasteiger partial charge on any atom is 0.276 e. The molecule has 12 heteroatoms. The number of aromatic nitrogens is 2. The molecular weight excluding hydrogens is 619 g/mol. The third kappa shape index (κ3) is 6.11. The number of carbonyl (C=O) groups is 1. The van der Waals surface area contributed by atoms with Crippen molar-refractivity contribution in [3.63, 3.8) is 0 Å². The summed E-state index contributed by atoms with van der Waals surface area (Å²) in [5, 5.41) is 6.79. The quantitative estimate of drug-likeness (QED) is 0.155. The lowest BCUT2D eigenvalue weighted by molar-refractivity contribution is 0.102. The summed E-state index contributed by atoms with van der Waals surface area (Å²) in [4.78, 5) is 32.5. The number of nitrogen functional groups attached to an aromatic ring is 1. The molecule has 0 bridgehead atoms. The smallest absolute Gasteiger partial charge is 0.276 e. The molecule has 9 nitrogen and oxygen atoms in total. The van der Waals surface area contributed by atoms with Crippen LogP contribution in [0, 0.1) is 17.6 Å². The van der Waals surface area contributed by atoms with Gasteiger partial charge in [-0.25, -0.2) is 8.78 Å². The van der Waals surface area contributed by atoms with Gasteiger partial charge in [-0.3, -0.25) is 14.6 Å². The van der Waals surface area contributed by atoms with Gasteiger partial charge in [0.2, 0.25) is 0 Å². The van der Waals surface area contributed by atoms with E-state index >= 15 is 0 Å². The van der Waals surface area contributed by atoms with Crippen LogP contribution in [0.5, 0.6) is 0 Å². The van der Waals surface area contributed by atoms with Crippen molar-refractivity contribution >= 4 is 51.8 Å². The van der Waals surface area contributed by atoms with Crippen LogP contribution in [0.1, 0.15) is 36.8 Å². The van der Waals surface area contributed by atoms with Crippen LogP contribution in [0.3, 0.4) is 0 Å². The van der Waals surface area contributed by atoms with Gasteiger partial charge in [-0.05, 0) is 50.1 Å². The molecule has 1 fully saturated rings. The zero-order valence-electron chi connectivity index (χ0n) is 21.8. The van der Waals surface area contributed by atoms with E-state index in [1.165, 1.54) is 12.1 Å². The lowest BCUT2D eigenvalue weighted by Crippen LogP contribution is -2.30. The van der Waals surface area contributed by atoms with Crippen LogP contribution in [-0.2, 0) is 0 Å². The van der Waals surface area contributed by atoms with Gasteiger partial charge in [0, 0.05) is 47.1 Å². The third-order valence-electron chi connectivity index (χ3n) is 6.54. The molecule has 2 aromatic carbocycles. The van der Waals surface area contributed by atoms with Crippen LogP contribution in [0.4, 0.5) is 25.8 Å². The van der Waals surface area contributed by atoms with Crippen LogP contribution >= 0.6 is 22.6 Å². The molecule has 2 atom stereocenters. The van der Waals surface area contributed by atoms with Crippen molar-refractivity contribution in [3.8, 4) is 5.69 Å². The molecule has 2 heterocycles. The average Bonchev–Trinajstić information content (AvgIpc) is 3.22. The molecule has 0 aliphatic carbocycles. The molecule has 206 valence electrons. The number of nitrogens with two attached hydrogens (primary N) is 2. The van der Waals surface area contributed by atoms with Crippen LogP contribution in [-0.4, -0.2) is 51.0 Å². The second kappa shape index (κ2) is 11.4. The predicted molar refractivity (Wildman–Crippen MR) is 158 cm³/mol. The van der Waals surface area contributed by atoms with Crippen molar-refractivity contribution in [1.82, 2.24) is 9.78 Å². The number of carbonyl (C=O) groups excluding carboxylic acids is 1. The Kier molecular flexibility index (Phi) is 8.35. The fourth-order valence-corrected chi connectivity index (χ4v) is 4.42. The molecule has 4 rings (SSSR count). The number of hydrogen-bond donors (Lipinski definition) is 3. The van der Waals surface area contributed by atoms with E-state index < -0.39 is 28.8 Å². The Morgan fingerprint density at radius 1 is 1.18 bits per heavy atom. The second-order valence-electron chi connectivity index (χ2n) is 10.2. The molecule has 1 aliphatic rings. The van der Waals surface area contributed by atoms with Crippen molar-refractivity contribution in [1.29, 1.82) is 0 Å². The first kappa shape index (κ1) is 28.6. The van der Waals surface area contributed by atoms with E-state index in [1.807, 2.05) is 13.8 Å². The predicted octanol–water partition coefficient (Wildman–Crippen LogP) is 3.76. The summed E-state index contributed by atoms with van der Waals surface area (Å²) < 4.78 is 30.1. The Morgan fingerprint density at radius 2 is 1.87 bits per heavy atom. The zero-order chi connectivity index (χ0) is 28.5. The first-order valence-corrected chi connectivity index (χ1v) is 13.8. The van der Waals surface area contributed by atoms with E-state index in [0.717, 1.165) is 22.6 Å².